The van der Waals surface area contributed by atoms with Crippen LogP contribution in [0.15, 0.2) is 0 Å². The summed E-state index contributed by atoms with van der Waals surface area (Å²) in [5.74, 6) is -0.421. The van der Waals surface area contributed by atoms with E-state index in [2.05, 4.69) is 4.74 Å². The molecule has 0 aromatic carbocycles. The SMILES string of the molecule is CCCCC(O[C]=O)C(=O)OC(C)CCCC(=O)OCC(C)CC. The van der Waals surface area contributed by atoms with E-state index in [0.29, 0.717) is 38.2 Å². The van der Waals surface area contributed by atoms with Crippen molar-refractivity contribution in [2.45, 2.75) is 84.8 Å². The summed E-state index contributed by atoms with van der Waals surface area (Å²) in [6.07, 6.45) is 3.24. The summed E-state index contributed by atoms with van der Waals surface area (Å²) in [6.45, 7) is 9.56. The number of hydrogen-bond acceptors (Lipinski definition) is 6. The van der Waals surface area contributed by atoms with Crippen LogP contribution in [0.4, 0.5) is 0 Å². The van der Waals surface area contributed by atoms with E-state index in [1.165, 1.54) is 6.47 Å². The molecule has 0 amide bonds. The highest BCUT2D eigenvalue weighted by molar-refractivity contribution is 5.76. The average Bonchev–Trinajstić information content (AvgIpc) is 2.56. The topological polar surface area (TPSA) is 78.9 Å². The Labute approximate surface area is 145 Å². The van der Waals surface area contributed by atoms with Crippen molar-refractivity contribution in [3.05, 3.63) is 0 Å². The van der Waals surface area contributed by atoms with Crippen molar-refractivity contribution in [2.75, 3.05) is 6.61 Å². The maximum absolute atomic E-state index is 11.9. The van der Waals surface area contributed by atoms with Crippen LogP contribution in [-0.2, 0) is 28.6 Å². The molecular weight excluding hydrogens is 312 g/mol. The van der Waals surface area contributed by atoms with E-state index >= 15 is 0 Å². The molecule has 139 valence electrons. The molecule has 6 heteroatoms. The number of hydrogen-bond donors (Lipinski definition) is 0. The van der Waals surface area contributed by atoms with Crippen LogP contribution in [-0.4, -0.2) is 37.2 Å². The summed E-state index contributed by atoms with van der Waals surface area (Å²) in [4.78, 5) is 33.9. The summed E-state index contributed by atoms with van der Waals surface area (Å²) < 4.78 is 15.1. The van der Waals surface area contributed by atoms with E-state index in [-0.39, 0.29) is 12.1 Å². The number of esters is 2. The molecule has 3 unspecified atom stereocenters. The molecule has 0 rings (SSSR count). The van der Waals surface area contributed by atoms with Crippen LogP contribution in [0.25, 0.3) is 0 Å². The predicted molar refractivity (Wildman–Crippen MR) is 89.9 cm³/mol. The van der Waals surface area contributed by atoms with Crippen LogP contribution in [0.2, 0.25) is 0 Å². The molecule has 6 nitrogen and oxygen atoms in total. The first-order chi connectivity index (χ1) is 11.4. The molecule has 1 radical (unpaired) electrons. The van der Waals surface area contributed by atoms with Crippen LogP contribution < -0.4 is 0 Å². The van der Waals surface area contributed by atoms with Gasteiger partial charge in [0.1, 0.15) is 0 Å². The third-order valence-corrected chi connectivity index (χ3v) is 3.81. The highest BCUT2D eigenvalue weighted by Crippen LogP contribution is 2.11. The summed E-state index contributed by atoms with van der Waals surface area (Å²) in [7, 11) is 0. The second kappa shape index (κ2) is 13.8. The minimum atomic E-state index is -0.898. The predicted octanol–water partition coefficient (Wildman–Crippen LogP) is 3.32. The van der Waals surface area contributed by atoms with Gasteiger partial charge in [0.2, 0.25) is 0 Å². The lowest BCUT2D eigenvalue weighted by Gasteiger charge is -2.18. The molecule has 0 aliphatic rings. The Hall–Kier alpha value is -1.59. The van der Waals surface area contributed by atoms with E-state index in [0.717, 1.165) is 19.3 Å². The molecule has 0 spiro atoms. The van der Waals surface area contributed by atoms with Crippen LogP contribution in [0.3, 0.4) is 0 Å². The zero-order valence-electron chi connectivity index (χ0n) is 15.3. The lowest BCUT2D eigenvalue weighted by atomic mass is 10.1. The molecule has 0 saturated heterocycles. The van der Waals surface area contributed by atoms with Crippen molar-refractivity contribution in [3.63, 3.8) is 0 Å². The zero-order valence-corrected chi connectivity index (χ0v) is 15.3. The number of unbranched alkanes of at least 4 members (excludes halogenated alkanes) is 1. The van der Waals surface area contributed by atoms with Crippen LogP contribution >= 0.6 is 0 Å². The number of carbonyl (C=O) groups is 2. The normalized spacial score (nSPS) is 14.3. The number of ether oxygens (including phenoxy) is 3. The Morgan fingerprint density at radius 2 is 1.79 bits per heavy atom. The molecule has 0 bridgehead atoms. The second-order valence-electron chi connectivity index (χ2n) is 6.17. The Balaban J connectivity index is 4.01. The minimum absolute atomic E-state index is 0.228. The molecule has 0 aliphatic carbocycles. The molecule has 24 heavy (non-hydrogen) atoms. The van der Waals surface area contributed by atoms with Crippen molar-refractivity contribution >= 4 is 18.4 Å². The molecule has 0 aliphatic heterocycles. The third kappa shape index (κ3) is 11.0. The van der Waals surface area contributed by atoms with Crippen molar-refractivity contribution in [2.24, 2.45) is 5.92 Å². The van der Waals surface area contributed by atoms with Gasteiger partial charge in [-0.3, -0.25) is 4.79 Å². The fourth-order valence-corrected chi connectivity index (χ4v) is 1.96. The van der Waals surface area contributed by atoms with Crippen molar-refractivity contribution in [1.82, 2.24) is 0 Å². The fourth-order valence-electron chi connectivity index (χ4n) is 1.96. The minimum Gasteiger partial charge on any atom is -0.465 e. The van der Waals surface area contributed by atoms with Gasteiger partial charge in [0.25, 0.3) is 0 Å². The molecule has 0 N–H and O–H groups in total. The van der Waals surface area contributed by atoms with Gasteiger partial charge in [-0.1, -0.05) is 33.6 Å². The Kier molecular flexibility index (Phi) is 12.9. The summed E-state index contributed by atoms with van der Waals surface area (Å²) in [6, 6.07) is 0. The number of rotatable bonds is 14. The first kappa shape index (κ1) is 22.4. The van der Waals surface area contributed by atoms with Crippen molar-refractivity contribution in [1.29, 1.82) is 0 Å². The first-order valence-electron chi connectivity index (χ1n) is 8.83. The largest absolute Gasteiger partial charge is 0.465 e. The number of carbonyl (C=O) groups excluding carboxylic acids is 3. The van der Waals surface area contributed by atoms with Crippen LogP contribution in [0, 0.1) is 5.92 Å². The highest BCUT2D eigenvalue weighted by Gasteiger charge is 2.23. The second-order valence-corrected chi connectivity index (χ2v) is 6.17. The van der Waals surface area contributed by atoms with Crippen molar-refractivity contribution < 1.29 is 28.6 Å². The molecular formula is C18H31O6. The maximum atomic E-state index is 11.9. The van der Waals surface area contributed by atoms with E-state index in [1.54, 1.807) is 6.92 Å². The first-order valence-corrected chi connectivity index (χ1v) is 8.83. The van der Waals surface area contributed by atoms with Gasteiger partial charge in [-0.15, -0.1) is 0 Å². The molecule has 0 aromatic rings. The maximum Gasteiger partial charge on any atom is 0.418 e. The van der Waals surface area contributed by atoms with Gasteiger partial charge >= 0.3 is 18.4 Å². The lowest BCUT2D eigenvalue weighted by Crippen LogP contribution is -2.29. The highest BCUT2D eigenvalue weighted by atomic mass is 16.6. The molecule has 0 fully saturated rings. The molecule has 0 aromatic heterocycles. The lowest BCUT2D eigenvalue weighted by molar-refractivity contribution is -0.158. The quantitative estimate of drug-likeness (QED) is 0.356. The van der Waals surface area contributed by atoms with Crippen LogP contribution in [0.5, 0.6) is 0 Å². The van der Waals surface area contributed by atoms with Crippen LogP contribution in [0.1, 0.15) is 72.6 Å². The Bertz CT molecular complexity index is 369. The van der Waals surface area contributed by atoms with Gasteiger partial charge in [0.05, 0.1) is 12.7 Å². The van der Waals surface area contributed by atoms with E-state index < -0.39 is 12.1 Å². The average molecular weight is 343 g/mol. The fraction of sp³-hybridized carbons (Fsp3) is 0.833. The summed E-state index contributed by atoms with van der Waals surface area (Å²) >= 11 is 0. The molecule has 0 heterocycles. The zero-order chi connectivity index (χ0) is 18.4. The van der Waals surface area contributed by atoms with Gasteiger partial charge in [-0.2, -0.15) is 0 Å². The standard InChI is InChI=1S/C18H31O6/c1-5-7-10-16(23-13-19)18(21)24-15(4)9-8-11-17(20)22-12-14(3)6-2/h14-16H,5-12H2,1-4H3. The van der Waals surface area contributed by atoms with Gasteiger partial charge in [-0.05, 0) is 38.5 Å². The monoisotopic (exact) mass is 343 g/mol. The van der Waals surface area contributed by atoms with E-state index in [9.17, 15) is 14.4 Å². The van der Waals surface area contributed by atoms with E-state index in [1.807, 2.05) is 20.8 Å². The van der Waals surface area contributed by atoms with Gasteiger partial charge in [0.15, 0.2) is 6.10 Å². The van der Waals surface area contributed by atoms with Gasteiger partial charge < -0.3 is 14.2 Å². The summed E-state index contributed by atoms with van der Waals surface area (Å²) in [5, 5.41) is 0. The van der Waals surface area contributed by atoms with Crippen molar-refractivity contribution in [3.8, 4) is 0 Å². The molecule has 3 atom stereocenters. The van der Waals surface area contributed by atoms with Gasteiger partial charge in [-0.25, -0.2) is 9.59 Å². The molecule has 0 saturated carbocycles. The Morgan fingerprint density at radius 1 is 1.08 bits per heavy atom. The van der Waals surface area contributed by atoms with Gasteiger partial charge in [0, 0.05) is 6.42 Å². The summed E-state index contributed by atoms with van der Waals surface area (Å²) in [5.41, 5.74) is 0. The third-order valence-electron chi connectivity index (χ3n) is 3.81. The smallest absolute Gasteiger partial charge is 0.418 e. The van der Waals surface area contributed by atoms with E-state index in [4.69, 9.17) is 9.47 Å². The Morgan fingerprint density at radius 3 is 2.38 bits per heavy atom.